The molecule has 0 atom stereocenters. The minimum absolute atomic E-state index is 0.536. The lowest BCUT2D eigenvalue weighted by molar-refractivity contribution is 0.534. The van der Waals surface area contributed by atoms with Gasteiger partial charge in [0.1, 0.15) is 10.9 Å². The van der Waals surface area contributed by atoms with Crippen LogP contribution in [0, 0.1) is 13.8 Å². The molecular weight excluding hydrogens is 380 g/mol. The molecule has 0 bridgehead atoms. The van der Waals surface area contributed by atoms with Crippen molar-refractivity contribution in [1.29, 1.82) is 0 Å². The molecule has 5 nitrogen and oxygen atoms in total. The molecule has 3 aromatic heterocycles. The number of aryl methyl sites for hydroxylation is 2. The first-order chi connectivity index (χ1) is 13.1. The minimum atomic E-state index is 0.536. The molecule has 1 aromatic carbocycles. The van der Waals surface area contributed by atoms with Gasteiger partial charge in [-0.2, -0.15) is 0 Å². The number of hydrogen-bond donors (Lipinski definition) is 0. The van der Waals surface area contributed by atoms with Crippen molar-refractivity contribution in [3.8, 4) is 11.4 Å². The van der Waals surface area contributed by atoms with Crippen molar-refractivity contribution in [3.05, 3.63) is 58.6 Å². The van der Waals surface area contributed by atoms with Crippen LogP contribution in [0.1, 0.15) is 23.8 Å². The second kappa shape index (κ2) is 7.37. The van der Waals surface area contributed by atoms with Crippen molar-refractivity contribution in [3.63, 3.8) is 0 Å². The summed E-state index contributed by atoms with van der Waals surface area (Å²) in [4.78, 5) is 4.55. The Kier molecular flexibility index (Phi) is 4.93. The Morgan fingerprint density at radius 3 is 2.74 bits per heavy atom. The predicted molar refractivity (Wildman–Crippen MR) is 109 cm³/mol. The Balaban J connectivity index is 1.61. The van der Waals surface area contributed by atoms with Crippen LogP contribution in [-0.2, 0) is 12.3 Å². The van der Waals surface area contributed by atoms with Crippen molar-refractivity contribution >= 4 is 34.3 Å². The first-order valence-corrected chi connectivity index (χ1v) is 10.1. The fraction of sp³-hybridized carbons (Fsp3) is 0.250. The highest BCUT2D eigenvalue weighted by Gasteiger charge is 2.17. The largest absolute Gasteiger partial charge is 0.469 e. The van der Waals surface area contributed by atoms with E-state index >= 15 is 0 Å². The van der Waals surface area contributed by atoms with Crippen LogP contribution in [0.5, 0.6) is 0 Å². The lowest BCUT2D eigenvalue weighted by atomic mass is 10.1. The van der Waals surface area contributed by atoms with Gasteiger partial charge in [0, 0.05) is 23.2 Å². The molecule has 0 fully saturated rings. The highest BCUT2D eigenvalue weighted by Crippen LogP contribution is 2.31. The van der Waals surface area contributed by atoms with Crippen LogP contribution in [0.2, 0.25) is 5.15 Å². The third-order valence-corrected chi connectivity index (χ3v) is 5.83. The normalized spacial score (nSPS) is 11.4. The van der Waals surface area contributed by atoms with Crippen molar-refractivity contribution < 1.29 is 4.42 Å². The van der Waals surface area contributed by atoms with Crippen molar-refractivity contribution in [2.45, 2.75) is 38.2 Å². The molecule has 0 aliphatic heterocycles. The summed E-state index contributed by atoms with van der Waals surface area (Å²) >= 11 is 8.03. The van der Waals surface area contributed by atoms with Gasteiger partial charge in [-0.1, -0.05) is 35.5 Å². The van der Waals surface area contributed by atoms with Crippen LogP contribution >= 0.6 is 23.4 Å². The number of rotatable bonds is 5. The SMILES string of the molecule is CCn1c(SCc2cc3ccc(C)cc3nc2Cl)nnc1-c1ccoc1C. The van der Waals surface area contributed by atoms with Gasteiger partial charge in [0.15, 0.2) is 11.0 Å². The summed E-state index contributed by atoms with van der Waals surface area (Å²) < 4.78 is 7.50. The van der Waals surface area contributed by atoms with E-state index < -0.39 is 0 Å². The molecule has 4 aromatic rings. The van der Waals surface area contributed by atoms with Crippen LogP contribution in [0.3, 0.4) is 0 Å². The number of fused-ring (bicyclic) bond motifs is 1. The smallest absolute Gasteiger partial charge is 0.191 e. The number of benzene rings is 1. The predicted octanol–water partition coefficient (Wildman–Crippen LogP) is 5.67. The Labute approximate surface area is 166 Å². The zero-order chi connectivity index (χ0) is 19.0. The molecule has 0 amide bonds. The second-order valence-corrected chi connectivity index (χ2v) is 7.66. The Morgan fingerprint density at radius 1 is 1.15 bits per heavy atom. The van der Waals surface area contributed by atoms with Crippen LogP contribution < -0.4 is 0 Å². The van der Waals surface area contributed by atoms with E-state index in [0.29, 0.717) is 10.9 Å². The first-order valence-electron chi connectivity index (χ1n) is 8.73. The molecule has 0 radical (unpaired) electrons. The second-order valence-electron chi connectivity index (χ2n) is 6.36. The summed E-state index contributed by atoms with van der Waals surface area (Å²) in [5, 5.41) is 11.2. The molecule has 0 saturated carbocycles. The van der Waals surface area contributed by atoms with Crippen molar-refractivity contribution in [1.82, 2.24) is 19.7 Å². The van der Waals surface area contributed by atoms with E-state index in [-0.39, 0.29) is 0 Å². The highest BCUT2D eigenvalue weighted by atomic mass is 35.5. The van der Waals surface area contributed by atoms with Gasteiger partial charge in [0.2, 0.25) is 0 Å². The number of pyridine rings is 1. The zero-order valence-electron chi connectivity index (χ0n) is 15.4. The zero-order valence-corrected chi connectivity index (χ0v) is 16.9. The number of aromatic nitrogens is 4. The molecule has 7 heteroatoms. The number of thioether (sulfide) groups is 1. The monoisotopic (exact) mass is 398 g/mol. The van der Waals surface area contributed by atoms with E-state index in [0.717, 1.165) is 45.3 Å². The van der Waals surface area contributed by atoms with Gasteiger partial charge >= 0.3 is 0 Å². The molecule has 0 aliphatic carbocycles. The average Bonchev–Trinajstić information content (AvgIpc) is 3.25. The van der Waals surface area contributed by atoms with E-state index in [1.54, 1.807) is 18.0 Å². The van der Waals surface area contributed by atoms with E-state index in [1.807, 2.05) is 19.1 Å². The standard InChI is InChI=1S/C20H19ClN4OS/c1-4-25-19(16-7-8-26-13(16)3)23-24-20(25)27-11-15-10-14-6-5-12(2)9-17(14)22-18(15)21/h5-10H,4,11H2,1-3H3. The number of nitrogens with zero attached hydrogens (tertiary/aromatic N) is 4. The lowest BCUT2D eigenvalue weighted by Crippen LogP contribution is -2.00. The van der Waals surface area contributed by atoms with Gasteiger partial charge in [-0.25, -0.2) is 4.98 Å². The van der Waals surface area contributed by atoms with Gasteiger partial charge < -0.3 is 8.98 Å². The maximum absolute atomic E-state index is 6.42. The molecule has 0 spiro atoms. The summed E-state index contributed by atoms with van der Waals surface area (Å²) in [6.45, 7) is 6.84. The molecule has 0 unspecified atom stereocenters. The molecule has 0 aliphatic rings. The van der Waals surface area contributed by atoms with Gasteiger partial charge in [-0.3, -0.25) is 0 Å². The number of furan rings is 1. The third kappa shape index (κ3) is 3.47. The van der Waals surface area contributed by atoms with Crippen molar-refractivity contribution in [2.24, 2.45) is 0 Å². The number of hydrogen-bond acceptors (Lipinski definition) is 5. The van der Waals surface area contributed by atoms with E-state index in [9.17, 15) is 0 Å². The van der Waals surface area contributed by atoms with E-state index in [4.69, 9.17) is 16.0 Å². The summed E-state index contributed by atoms with van der Waals surface area (Å²) in [7, 11) is 0. The van der Waals surface area contributed by atoms with Gasteiger partial charge in [-0.15, -0.1) is 10.2 Å². The third-order valence-electron chi connectivity index (χ3n) is 4.49. The molecule has 4 rings (SSSR count). The topological polar surface area (TPSA) is 56.7 Å². The Hall–Kier alpha value is -2.31. The summed E-state index contributed by atoms with van der Waals surface area (Å²) in [6.07, 6.45) is 1.67. The van der Waals surface area contributed by atoms with E-state index in [2.05, 4.69) is 51.8 Å². The summed E-state index contributed by atoms with van der Waals surface area (Å²) in [5.74, 6) is 2.34. The van der Waals surface area contributed by atoms with E-state index in [1.165, 1.54) is 5.56 Å². The molecular formula is C20H19ClN4OS. The minimum Gasteiger partial charge on any atom is -0.469 e. The molecule has 138 valence electrons. The quantitative estimate of drug-likeness (QED) is 0.320. The lowest BCUT2D eigenvalue weighted by Gasteiger charge is -2.08. The van der Waals surface area contributed by atoms with Gasteiger partial charge in [-0.05, 0) is 44.5 Å². The maximum Gasteiger partial charge on any atom is 0.191 e. The van der Waals surface area contributed by atoms with Gasteiger partial charge in [0.25, 0.3) is 0 Å². The molecule has 0 N–H and O–H groups in total. The number of halogens is 1. The fourth-order valence-electron chi connectivity index (χ4n) is 3.04. The average molecular weight is 399 g/mol. The first kappa shape index (κ1) is 18.1. The highest BCUT2D eigenvalue weighted by molar-refractivity contribution is 7.98. The Bertz CT molecular complexity index is 1120. The molecule has 0 saturated heterocycles. The Morgan fingerprint density at radius 2 is 2.00 bits per heavy atom. The van der Waals surface area contributed by atoms with Crippen LogP contribution in [0.4, 0.5) is 0 Å². The maximum atomic E-state index is 6.42. The van der Waals surface area contributed by atoms with Crippen LogP contribution in [-0.4, -0.2) is 19.7 Å². The van der Waals surface area contributed by atoms with Crippen LogP contribution in [0.25, 0.3) is 22.3 Å². The molecule has 3 heterocycles. The van der Waals surface area contributed by atoms with Crippen molar-refractivity contribution in [2.75, 3.05) is 0 Å². The summed E-state index contributed by atoms with van der Waals surface area (Å²) in [5.41, 5.74) is 4.05. The van der Waals surface area contributed by atoms with Gasteiger partial charge in [0.05, 0.1) is 17.3 Å². The fourth-order valence-corrected chi connectivity index (χ4v) is 4.30. The summed E-state index contributed by atoms with van der Waals surface area (Å²) in [6, 6.07) is 10.2. The van der Waals surface area contributed by atoms with Crippen LogP contribution in [0.15, 0.2) is 46.2 Å². The molecule has 27 heavy (non-hydrogen) atoms.